The zero-order chi connectivity index (χ0) is 12.1. The normalized spacial score (nSPS) is 24.4. The molecule has 2 atom stereocenters. The smallest absolute Gasteiger partial charge is 0.0964 e. The molecule has 0 bridgehead atoms. The average Bonchev–Trinajstić information content (AvgIpc) is 2.95. The van der Waals surface area contributed by atoms with Crippen LogP contribution in [-0.4, -0.2) is 44.5 Å². The zero-order valence-electron chi connectivity index (χ0n) is 9.92. The predicted molar refractivity (Wildman–Crippen MR) is 62.2 cm³/mol. The van der Waals surface area contributed by atoms with Crippen LogP contribution in [0.2, 0.25) is 0 Å². The Morgan fingerprint density at radius 1 is 1.41 bits per heavy atom. The number of hydrogen-bond donors (Lipinski definition) is 3. The van der Waals surface area contributed by atoms with E-state index in [1.54, 1.807) is 4.68 Å². The lowest BCUT2D eigenvalue weighted by Crippen LogP contribution is -2.33. The van der Waals surface area contributed by atoms with Crippen molar-refractivity contribution in [2.24, 2.45) is 5.92 Å². The summed E-state index contributed by atoms with van der Waals surface area (Å²) in [6.45, 7) is 1.49. The van der Waals surface area contributed by atoms with Gasteiger partial charge in [0.2, 0.25) is 0 Å². The summed E-state index contributed by atoms with van der Waals surface area (Å²) < 4.78 is 1.63. The van der Waals surface area contributed by atoms with Gasteiger partial charge in [0.15, 0.2) is 0 Å². The molecule has 0 aromatic carbocycles. The summed E-state index contributed by atoms with van der Waals surface area (Å²) in [6.07, 6.45) is 5.24. The first kappa shape index (κ1) is 12.5. The summed E-state index contributed by atoms with van der Waals surface area (Å²) in [7, 11) is 0. The van der Waals surface area contributed by atoms with Crippen LogP contribution in [0.5, 0.6) is 0 Å². The molecule has 0 aliphatic heterocycles. The highest BCUT2D eigenvalue weighted by Gasteiger charge is 2.25. The maximum atomic E-state index is 9.21. The summed E-state index contributed by atoms with van der Waals surface area (Å²) in [5.74, 6) is 0.377. The van der Waals surface area contributed by atoms with Crippen LogP contribution < -0.4 is 5.32 Å². The molecule has 2 unspecified atom stereocenters. The van der Waals surface area contributed by atoms with E-state index in [1.165, 1.54) is 6.42 Å². The minimum atomic E-state index is 0.0748. The van der Waals surface area contributed by atoms with Gasteiger partial charge in [0.1, 0.15) is 0 Å². The number of aromatic nitrogens is 3. The lowest BCUT2D eigenvalue weighted by Gasteiger charge is -2.17. The Morgan fingerprint density at radius 3 is 3.06 bits per heavy atom. The second kappa shape index (κ2) is 6.09. The van der Waals surface area contributed by atoms with E-state index in [9.17, 15) is 5.11 Å². The Balaban J connectivity index is 1.80. The lowest BCUT2D eigenvalue weighted by atomic mass is 10.1. The molecule has 3 N–H and O–H groups in total. The first-order valence-corrected chi connectivity index (χ1v) is 6.17. The van der Waals surface area contributed by atoms with Gasteiger partial charge in [-0.3, -0.25) is 0 Å². The molecule has 1 aliphatic carbocycles. The van der Waals surface area contributed by atoms with Gasteiger partial charge in [-0.2, -0.15) is 0 Å². The van der Waals surface area contributed by atoms with Crippen LogP contribution >= 0.6 is 0 Å². The van der Waals surface area contributed by atoms with Crippen LogP contribution in [0.25, 0.3) is 0 Å². The van der Waals surface area contributed by atoms with Crippen molar-refractivity contribution in [3.63, 3.8) is 0 Å². The van der Waals surface area contributed by atoms with Gasteiger partial charge in [0, 0.05) is 25.4 Å². The Labute approximate surface area is 101 Å². The second-order valence-electron chi connectivity index (χ2n) is 4.56. The highest BCUT2D eigenvalue weighted by Crippen LogP contribution is 2.25. The molecule has 1 aliphatic rings. The SMILES string of the molecule is OCCn1cc(CNC2CCCC2CO)nn1. The second-order valence-corrected chi connectivity index (χ2v) is 4.56. The van der Waals surface area contributed by atoms with Gasteiger partial charge in [0.25, 0.3) is 0 Å². The molecule has 6 heteroatoms. The molecule has 1 aromatic rings. The molecule has 0 spiro atoms. The summed E-state index contributed by atoms with van der Waals surface area (Å²) in [5, 5.41) is 29.3. The van der Waals surface area contributed by atoms with Crippen LogP contribution in [0.3, 0.4) is 0 Å². The van der Waals surface area contributed by atoms with Crippen LogP contribution in [0.1, 0.15) is 25.0 Å². The fourth-order valence-corrected chi connectivity index (χ4v) is 2.39. The Hall–Kier alpha value is -0.980. The van der Waals surface area contributed by atoms with Crippen LogP contribution in [0.15, 0.2) is 6.20 Å². The van der Waals surface area contributed by atoms with E-state index >= 15 is 0 Å². The third kappa shape index (κ3) is 3.24. The molecule has 0 radical (unpaired) electrons. The number of aliphatic hydroxyl groups is 2. The van der Waals surface area contributed by atoms with Crippen molar-refractivity contribution in [1.82, 2.24) is 20.3 Å². The number of rotatable bonds is 6. The maximum Gasteiger partial charge on any atom is 0.0964 e. The molecular weight excluding hydrogens is 220 g/mol. The minimum absolute atomic E-state index is 0.0748. The Morgan fingerprint density at radius 2 is 2.29 bits per heavy atom. The van der Waals surface area contributed by atoms with Gasteiger partial charge in [-0.1, -0.05) is 11.6 Å². The fraction of sp³-hybridized carbons (Fsp3) is 0.818. The molecule has 17 heavy (non-hydrogen) atoms. The largest absolute Gasteiger partial charge is 0.396 e. The molecule has 1 aromatic heterocycles. The third-order valence-corrected chi connectivity index (χ3v) is 3.35. The summed E-state index contributed by atoms with van der Waals surface area (Å²) in [4.78, 5) is 0. The van der Waals surface area contributed by atoms with Crippen molar-refractivity contribution in [1.29, 1.82) is 0 Å². The van der Waals surface area contributed by atoms with Crippen molar-refractivity contribution in [3.8, 4) is 0 Å². The van der Waals surface area contributed by atoms with E-state index in [2.05, 4.69) is 15.6 Å². The Kier molecular flexibility index (Phi) is 4.47. The Bertz CT molecular complexity index is 342. The minimum Gasteiger partial charge on any atom is -0.396 e. The van der Waals surface area contributed by atoms with Gasteiger partial charge in [-0.05, 0) is 18.8 Å². The van der Waals surface area contributed by atoms with Gasteiger partial charge >= 0.3 is 0 Å². The molecule has 0 saturated heterocycles. The molecule has 2 rings (SSSR count). The van der Waals surface area contributed by atoms with Crippen molar-refractivity contribution in [3.05, 3.63) is 11.9 Å². The topological polar surface area (TPSA) is 83.2 Å². The van der Waals surface area contributed by atoms with Gasteiger partial charge < -0.3 is 15.5 Å². The zero-order valence-corrected chi connectivity index (χ0v) is 9.92. The van der Waals surface area contributed by atoms with E-state index in [-0.39, 0.29) is 13.2 Å². The lowest BCUT2D eigenvalue weighted by molar-refractivity contribution is 0.205. The summed E-state index contributed by atoms with van der Waals surface area (Å²) in [6, 6.07) is 0.392. The molecule has 1 fully saturated rings. The van der Waals surface area contributed by atoms with E-state index in [4.69, 9.17) is 5.11 Å². The standard InChI is InChI=1S/C11H20N4O2/c16-5-4-15-7-10(13-14-15)6-12-11-3-1-2-9(11)8-17/h7,9,11-12,16-17H,1-6,8H2. The number of nitrogens with zero attached hydrogens (tertiary/aromatic N) is 3. The van der Waals surface area contributed by atoms with Crippen molar-refractivity contribution < 1.29 is 10.2 Å². The van der Waals surface area contributed by atoms with Crippen molar-refractivity contribution >= 4 is 0 Å². The highest BCUT2D eigenvalue weighted by molar-refractivity contribution is 4.93. The first-order chi connectivity index (χ1) is 8.33. The predicted octanol–water partition coefficient (Wildman–Crippen LogP) is -0.479. The van der Waals surface area contributed by atoms with Crippen LogP contribution in [0, 0.1) is 5.92 Å². The van der Waals surface area contributed by atoms with Gasteiger partial charge in [-0.25, -0.2) is 4.68 Å². The van der Waals surface area contributed by atoms with Crippen molar-refractivity contribution in [2.75, 3.05) is 13.2 Å². The van der Waals surface area contributed by atoms with E-state index in [1.807, 2.05) is 6.20 Å². The molecule has 1 heterocycles. The highest BCUT2D eigenvalue weighted by atomic mass is 16.3. The van der Waals surface area contributed by atoms with E-state index in [0.29, 0.717) is 25.0 Å². The van der Waals surface area contributed by atoms with E-state index < -0.39 is 0 Å². The third-order valence-electron chi connectivity index (χ3n) is 3.35. The van der Waals surface area contributed by atoms with Crippen LogP contribution in [0.4, 0.5) is 0 Å². The quantitative estimate of drug-likeness (QED) is 0.625. The summed E-state index contributed by atoms with van der Waals surface area (Å²) in [5.41, 5.74) is 0.877. The van der Waals surface area contributed by atoms with Gasteiger partial charge in [0.05, 0.1) is 18.8 Å². The number of nitrogens with one attached hydrogen (secondary N) is 1. The first-order valence-electron chi connectivity index (χ1n) is 6.17. The van der Waals surface area contributed by atoms with Crippen LogP contribution in [-0.2, 0) is 13.1 Å². The number of hydrogen-bond acceptors (Lipinski definition) is 5. The molecule has 1 saturated carbocycles. The van der Waals surface area contributed by atoms with Crippen molar-refractivity contribution in [2.45, 2.75) is 38.4 Å². The molecule has 96 valence electrons. The molecular formula is C11H20N4O2. The molecule has 6 nitrogen and oxygen atoms in total. The summed E-state index contributed by atoms with van der Waals surface area (Å²) >= 11 is 0. The fourth-order valence-electron chi connectivity index (χ4n) is 2.39. The van der Waals surface area contributed by atoms with E-state index in [0.717, 1.165) is 18.5 Å². The monoisotopic (exact) mass is 240 g/mol. The molecule has 0 amide bonds. The van der Waals surface area contributed by atoms with Gasteiger partial charge in [-0.15, -0.1) is 5.10 Å². The average molecular weight is 240 g/mol. The maximum absolute atomic E-state index is 9.21. The number of aliphatic hydroxyl groups excluding tert-OH is 2.